The third-order valence-electron chi connectivity index (χ3n) is 4.33. The van der Waals surface area contributed by atoms with Crippen LogP contribution in [0.4, 0.5) is 20.2 Å². The molecule has 1 atom stereocenters. The van der Waals surface area contributed by atoms with Gasteiger partial charge in [0, 0.05) is 37.0 Å². The number of carbonyl (C=O) groups excluding carboxylic acids is 1. The number of ether oxygens (including phenoxy) is 1. The molecule has 7 heteroatoms. The van der Waals surface area contributed by atoms with E-state index in [0.29, 0.717) is 30.9 Å². The maximum atomic E-state index is 13.9. The number of carbonyl (C=O) groups is 1. The minimum absolute atomic E-state index is 0.0703. The molecule has 0 bridgehead atoms. The van der Waals surface area contributed by atoms with Crippen LogP contribution in [0, 0.1) is 11.6 Å². The normalized spacial score (nSPS) is 16.4. The lowest BCUT2D eigenvalue weighted by Crippen LogP contribution is -2.40. The summed E-state index contributed by atoms with van der Waals surface area (Å²) in [6, 6.07) is 10.8. The van der Waals surface area contributed by atoms with Gasteiger partial charge in [0.25, 0.3) is 0 Å². The van der Waals surface area contributed by atoms with E-state index in [-0.39, 0.29) is 18.5 Å². The zero-order valence-electron chi connectivity index (χ0n) is 14.5. The number of anilines is 2. The SMILES string of the molecule is COc1cccc(NCC(=O)NC2CCN(c3ccc(F)cc3F)C2)c1. The van der Waals surface area contributed by atoms with Crippen LogP contribution in [0.5, 0.6) is 5.75 Å². The summed E-state index contributed by atoms with van der Waals surface area (Å²) in [6.07, 6.45) is 0.710. The third kappa shape index (κ3) is 4.41. The molecule has 5 nitrogen and oxygen atoms in total. The van der Waals surface area contributed by atoms with Gasteiger partial charge in [0.15, 0.2) is 0 Å². The van der Waals surface area contributed by atoms with Gasteiger partial charge < -0.3 is 20.3 Å². The molecule has 2 aromatic rings. The zero-order chi connectivity index (χ0) is 18.5. The number of hydrogen-bond donors (Lipinski definition) is 2. The smallest absolute Gasteiger partial charge is 0.239 e. The maximum Gasteiger partial charge on any atom is 0.239 e. The van der Waals surface area contributed by atoms with Crippen molar-refractivity contribution in [2.24, 2.45) is 0 Å². The summed E-state index contributed by atoms with van der Waals surface area (Å²) < 4.78 is 32.0. The zero-order valence-corrected chi connectivity index (χ0v) is 14.5. The average molecular weight is 361 g/mol. The molecule has 1 amide bonds. The molecule has 1 aliphatic rings. The lowest BCUT2D eigenvalue weighted by atomic mass is 10.2. The Hall–Kier alpha value is -2.83. The Balaban J connectivity index is 1.49. The highest BCUT2D eigenvalue weighted by molar-refractivity contribution is 5.81. The molecular formula is C19H21F2N3O2. The number of hydrogen-bond acceptors (Lipinski definition) is 4. The predicted octanol–water partition coefficient (Wildman–Crippen LogP) is 2.78. The molecule has 1 heterocycles. The lowest BCUT2D eigenvalue weighted by molar-refractivity contribution is -0.119. The van der Waals surface area contributed by atoms with Gasteiger partial charge in [0.1, 0.15) is 17.4 Å². The van der Waals surface area contributed by atoms with Crippen LogP contribution < -0.4 is 20.3 Å². The summed E-state index contributed by atoms with van der Waals surface area (Å²) in [5, 5.41) is 5.98. The number of nitrogens with zero attached hydrogens (tertiary/aromatic N) is 1. The van der Waals surface area contributed by atoms with Crippen molar-refractivity contribution in [3.8, 4) is 5.75 Å². The monoisotopic (exact) mass is 361 g/mol. The average Bonchev–Trinajstić information content (AvgIpc) is 3.08. The van der Waals surface area contributed by atoms with E-state index in [0.717, 1.165) is 11.8 Å². The Morgan fingerprint density at radius 2 is 2.12 bits per heavy atom. The van der Waals surface area contributed by atoms with Gasteiger partial charge in [-0.2, -0.15) is 0 Å². The second-order valence-corrected chi connectivity index (χ2v) is 6.18. The highest BCUT2D eigenvalue weighted by atomic mass is 19.1. The van der Waals surface area contributed by atoms with Crippen molar-refractivity contribution in [2.45, 2.75) is 12.5 Å². The summed E-state index contributed by atoms with van der Waals surface area (Å²) in [5.74, 6) is -0.613. The van der Waals surface area contributed by atoms with Crippen molar-refractivity contribution in [1.82, 2.24) is 5.32 Å². The number of nitrogens with one attached hydrogen (secondary N) is 2. The molecule has 138 valence electrons. The van der Waals surface area contributed by atoms with E-state index in [1.54, 1.807) is 7.11 Å². The fraction of sp³-hybridized carbons (Fsp3) is 0.316. The van der Waals surface area contributed by atoms with Gasteiger partial charge in [0.05, 0.1) is 19.3 Å². The number of benzene rings is 2. The Labute approximate surface area is 151 Å². The first-order valence-corrected chi connectivity index (χ1v) is 8.42. The molecule has 2 N–H and O–H groups in total. The minimum atomic E-state index is -0.598. The van der Waals surface area contributed by atoms with E-state index < -0.39 is 11.6 Å². The Bertz CT molecular complexity index is 785. The van der Waals surface area contributed by atoms with Crippen LogP contribution in [0.1, 0.15) is 6.42 Å². The van der Waals surface area contributed by atoms with Crippen LogP contribution in [0.15, 0.2) is 42.5 Å². The lowest BCUT2D eigenvalue weighted by Gasteiger charge is -2.20. The van der Waals surface area contributed by atoms with Crippen molar-refractivity contribution in [2.75, 3.05) is 37.0 Å². The second-order valence-electron chi connectivity index (χ2n) is 6.18. The van der Waals surface area contributed by atoms with Crippen LogP contribution in [-0.4, -0.2) is 38.7 Å². The van der Waals surface area contributed by atoms with E-state index in [4.69, 9.17) is 4.74 Å². The summed E-state index contributed by atoms with van der Waals surface area (Å²) in [4.78, 5) is 13.9. The van der Waals surface area contributed by atoms with Crippen LogP contribution in [0.2, 0.25) is 0 Å². The highest BCUT2D eigenvalue weighted by Crippen LogP contribution is 2.24. The van der Waals surface area contributed by atoms with Crippen LogP contribution >= 0.6 is 0 Å². The Morgan fingerprint density at radius 1 is 1.27 bits per heavy atom. The molecule has 2 aromatic carbocycles. The van der Waals surface area contributed by atoms with E-state index in [1.165, 1.54) is 12.1 Å². The molecule has 0 saturated carbocycles. The van der Waals surface area contributed by atoms with Crippen molar-refractivity contribution in [3.05, 3.63) is 54.1 Å². The van der Waals surface area contributed by atoms with Crippen LogP contribution in [-0.2, 0) is 4.79 Å². The van der Waals surface area contributed by atoms with Gasteiger partial charge in [-0.05, 0) is 30.7 Å². The first kappa shape index (κ1) is 18.0. The maximum absolute atomic E-state index is 13.9. The minimum Gasteiger partial charge on any atom is -0.497 e. The Kier molecular flexibility index (Phi) is 5.55. The van der Waals surface area contributed by atoms with Crippen molar-refractivity contribution >= 4 is 17.3 Å². The fourth-order valence-electron chi connectivity index (χ4n) is 3.03. The molecule has 1 aliphatic heterocycles. The van der Waals surface area contributed by atoms with Crippen molar-refractivity contribution < 1.29 is 18.3 Å². The van der Waals surface area contributed by atoms with Gasteiger partial charge in [-0.15, -0.1) is 0 Å². The van der Waals surface area contributed by atoms with Gasteiger partial charge in [0.2, 0.25) is 5.91 Å². The molecule has 0 aromatic heterocycles. The highest BCUT2D eigenvalue weighted by Gasteiger charge is 2.25. The summed E-state index contributed by atoms with van der Waals surface area (Å²) in [6.45, 7) is 1.23. The van der Waals surface area contributed by atoms with Gasteiger partial charge in [-0.1, -0.05) is 6.07 Å². The first-order chi connectivity index (χ1) is 12.5. The van der Waals surface area contributed by atoms with Crippen LogP contribution in [0.3, 0.4) is 0 Å². The quantitative estimate of drug-likeness (QED) is 0.831. The molecular weight excluding hydrogens is 340 g/mol. The number of halogens is 2. The van der Waals surface area contributed by atoms with Crippen molar-refractivity contribution in [1.29, 1.82) is 0 Å². The number of methoxy groups -OCH3 is 1. The standard InChI is InChI=1S/C19H21F2N3O2/c1-26-16-4-2-3-14(10-16)22-11-19(25)23-15-7-8-24(12-15)18-6-5-13(20)9-17(18)21/h2-6,9-10,15,22H,7-8,11-12H2,1H3,(H,23,25). The van der Waals surface area contributed by atoms with Gasteiger partial charge in [-0.25, -0.2) is 8.78 Å². The summed E-state index contributed by atoms with van der Waals surface area (Å²) in [7, 11) is 1.58. The molecule has 26 heavy (non-hydrogen) atoms. The van der Waals surface area contributed by atoms with Crippen molar-refractivity contribution in [3.63, 3.8) is 0 Å². The molecule has 1 unspecified atom stereocenters. The molecule has 3 rings (SSSR count). The molecule has 1 saturated heterocycles. The van der Waals surface area contributed by atoms with E-state index in [2.05, 4.69) is 10.6 Å². The number of amides is 1. The largest absolute Gasteiger partial charge is 0.497 e. The molecule has 1 fully saturated rings. The first-order valence-electron chi connectivity index (χ1n) is 8.42. The Morgan fingerprint density at radius 3 is 2.88 bits per heavy atom. The topological polar surface area (TPSA) is 53.6 Å². The van der Waals surface area contributed by atoms with E-state index >= 15 is 0 Å². The summed E-state index contributed by atoms with van der Waals surface area (Å²) >= 11 is 0. The van der Waals surface area contributed by atoms with E-state index in [9.17, 15) is 13.6 Å². The third-order valence-corrected chi connectivity index (χ3v) is 4.33. The van der Waals surface area contributed by atoms with Gasteiger partial charge in [-0.3, -0.25) is 4.79 Å². The molecule has 0 radical (unpaired) electrons. The van der Waals surface area contributed by atoms with Gasteiger partial charge >= 0.3 is 0 Å². The fourth-order valence-corrected chi connectivity index (χ4v) is 3.03. The van der Waals surface area contributed by atoms with Crippen LogP contribution in [0.25, 0.3) is 0 Å². The van der Waals surface area contributed by atoms with E-state index in [1.807, 2.05) is 29.2 Å². The predicted molar refractivity (Wildman–Crippen MR) is 96.6 cm³/mol. The summed E-state index contributed by atoms with van der Waals surface area (Å²) in [5.41, 5.74) is 1.15. The second kappa shape index (κ2) is 8.03. The molecule has 0 spiro atoms. The molecule has 0 aliphatic carbocycles. The number of rotatable bonds is 6.